The monoisotopic (exact) mass is 262 g/mol. The van der Waals surface area contributed by atoms with Crippen molar-refractivity contribution in [2.75, 3.05) is 19.3 Å². The first kappa shape index (κ1) is 14.4. The van der Waals surface area contributed by atoms with Crippen LogP contribution in [0.4, 0.5) is 0 Å². The van der Waals surface area contributed by atoms with E-state index in [1.807, 2.05) is 32.6 Å². The third kappa shape index (κ3) is 3.19. The molecule has 6 heteroatoms. The van der Waals surface area contributed by atoms with E-state index in [-0.39, 0.29) is 23.9 Å². The van der Waals surface area contributed by atoms with Crippen LogP contribution >= 0.6 is 0 Å². The first-order chi connectivity index (χ1) is 7.64. The van der Waals surface area contributed by atoms with Gasteiger partial charge in [0.1, 0.15) is 0 Å². The van der Waals surface area contributed by atoms with Gasteiger partial charge < -0.3 is 4.90 Å². The fourth-order valence-corrected chi connectivity index (χ4v) is 3.08. The van der Waals surface area contributed by atoms with Crippen LogP contribution in [0, 0.1) is 5.92 Å². The van der Waals surface area contributed by atoms with Crippen molar-refractivity contribution in [1.82, 2.24) is 9.21 Å². The number of amides is 1. The normalized spacial score (nSPS) is 18.5. The number of rotatable bonds is 4. The molecule has 0 aliphatic carbocycles. The van der Waals surface area contributed by atoms with E-state index in [1.165, 1.54) is 10.6 Å². The molecular formula is C11H22N2O3S. The molecule has 1 saturated heterocycles. The molecule has 0 aromatic carbocycles. The fraction of sp³-hybridized carbons (Fsp3) is 0.909. The molecule has 0 N–H and O–H groups in total. The molecule has 0 spiro atoms. The number of hydrogen-bond acceptors (Lipinski definition) is 3. The van der Waals surface area contributed by atoms with Crippen molar-refractivity contribution < 1.29 is 13.2 Å². The van der Waals surface area contributed by atoms with Crippen molar-refractivity contribution in [3.8, 4) is 0 Å². The molecule has 100 valence electrons. The van der Waals surface area contributed by atoms with Gasteiger partial charge in [0.25, 0.3) is 0 Å². The fourth-order valence-electron chi connectivity index (χ4n) is 2.18. The Balaban J connectivity index is 2.63. The Kier molecular flexibility index (Phi) is 4.19. The summed E-state index contributed by atoms with van der Waals surface area (Å²) in [6.07, 6.45) is 1.18. The van der Waals surface area contributed by atoms with E-state index in [0.29, 0.717) is 13.1 Å². The molecule has 0 saturated carbocycles. The molecule has 1 aliphatic rings. The van der Waals surface area contributed by atoms with Crippen LogP contribution in [0.5, 0.6) is 0 Å². The highest BCUT2D eigenvalue weighted by molar-refractivity contribution is 7.88. The van der Waals surface area contributed by atoms with Gasteiger partial charge in [-0.2, -0.15) is 0 Å². The van der Waals surface area contributed by atoms with Gasteiger partial charge in [-0.15, -0.1) is 0 Å². The lowest BCUT2D eigenvalue weighted by atomic mass is 10.00. The van der Waals surface area contributed by atoms with Crippen molar-refractivity contribution in [3.05, 3.63) is 0 Å². The zero-order chi connectivity index (χ0) is 13.4. The van der Waals surface area contributed by atoms with Gasteiger partial charge in [0.2, 0.25) is 15.9 Å². The van der Waals surface area contributed by atoms with Gasteiger partial charge in [0.15, 0.2) is 0 Å². The minimum atomic E-state index is -3.14. The van der Waals surface area contributed by atoms with E-state index in [4.69, 9.17) is 0 Å². The van der Waals surface area contributed by atoms with Crippen LogP contribution in [0.3, 0.4) is 0 Å². The maximum Gasteiger partial charge on any atom is 0.228 e. The number of hydrogen-bond donors (Lipinski definition) is 0. The molecule has 0 aromatic rings. The Hall–Kier alpha value is -0.620. The second-order valence-corrected chi connectivity index (χ2v) is 7.19. The van der Waals surface area contributed by atoms with Gasteiger partial charge in [-0.3, -0.25) is 4.79 Å². The first-order valence-corrected chi connectivity index (χ1v) is 7.76. The summed E-state index contributed by atoms with van der Waals surface area (Å²) in [5.41, 5.74) is 0. The number of sulfonamides is 1. The summed E-state index contributed by atoms with van der Waals surface area (Å²) in [5, 5.41) is 0. The Labute approximate surface area is 104 Å². The Bertz CT molecular complexity index is 376. The van der Waals surface area contributed by atoms with Crippen LogP contribution in [0.2, 0.25) is 0 Å². The van der Waals surface area contributed by atoms with Gasteiger partial charge in [-0.05, 0) is 27.7 Å². The van der Waals surface area contributed by atoms with Gasteiger partial charge in [-0.1, -0.05) is 0 Å². The lowest BCUT2D eigenvalue weighted by molar-refractivity contribution is -0.142. The topological polar surface area (TPSA) is 57.7 Å². The summed E-state index contributed by atoms with van der Waals surface area (Å²) in [6.45, 7) is 8.56. The maximum atomic E-state index is 12.2. The summed E-state index contributed by atoms with van der Waals surface area (Å²) in [7, 11) is -3.14. The van der Waals surface area contributed by atoms with Crippen molar-refractivity contribution in [3.63, 3.8) is 0 Å². The van der Waals surface area contributed by atoms with E-state index in [2.05, 4.69) is 0 Å². The molecule has 0 bridgehead atoms. The smallest absolute Gasteiger partial charge is 0.228 e. The van der Waals surface area contributed by atoms with Gasteiger partial charge in [0.05, 0.1) is 12.2 Å². The third-order valence-corrected chi connectivity index (χ3v) is 4.27. The molecule has 0 atom stereocenters. The lowest BCUT2D eigenvalue weighted by Gasteiger charge is -2.41. The third-order valence-electron chi connectivity index (χ3n) is 3.03. The molecule has 1 fully saturated rings. The van der Waals surface area contributed by atoms with Crippen LogP contribution in [0.25, 0.3) is 0 Å². The van der Waals surface area contributed by atoms with E-state index in [9.17, 15) is 13.2 Å². The van der Waals surface area contributed by atoms with Crippen molar-refractivity contribution in [1.29, 1.82) is 0 Å². The van der Waals surface area contributed by atoms with Crippen LogP contribution in [-0.4, -0.2) is 55.0 Å². The van der Waals surface area contributed by atoms with Crippen LogP contribution in [-0.2, 0) is 14.8 Å². The van der Waals surface area contributed by atoms with Crippen LogP contribution in [0.15, 0.2) is 0 Å². The number of carbonyl (C=O) groups is 1. The summed E-state index contributed by atoms with van der Waals surface area (Å²) in [5.74, 6) is -0.107. The predicted octanol–water partition coefficient (Wildman–Crippen LogP) is 0.523. The van der Waals surface area contributed by atoms with E-state index in [0.717, 1.165) is 0 Å². The number of nitrogens with zero attached hydrogens (tertiary/aromatic N) is 2. The first-order valence-electron chi connectivity index (χ1n) is 5.92. The second kappa shape index (κ2) is 4.94. The Morgan fingerprint density at radius 3 is 1.88 bits per heavy atom. The Morgan fingerprint density at radius 1 is 1.18 bits per heavy atom. The van der Waals surface area contributed by atoms with E-state index < -0.39 is 10.0 Å². The second-order valence-electron chi connectivity index (χ2n) is 5.21. The zero-order valence-electron chi connectivity index (χ0n) is 11.2. The zero-order valence-corrected chi connectivity index (χ0v) is 12.0. The summed E-state index contributed by atoms with van der Waals surface area (Å²) in [4.78, 5) is 14.0. The van der Waals surface area contributed by atoms with E-state index in [1.54, 1.807) is 0 Å². The van der Waals surface area contributed by atoms with Crippen molar-refractivity contribution in [2.24, 2.45) is 5.92 Å². The predicted molar refractivity (Wildman–Crippen MR) is 67.0 cm³/mol. The quantitative estimate of drug-likeness (QED) is 0.742. The standard InChI is InChI=1S/C11H22N2O3S/c1-8(2)13(9(3)4)11(14)10-6-12(7-10)17(5,15)16/h8-10H,6-7H2,1-5H3. The molecule has 5 nitrogen and oxygen atoms in total. The molecule has 0 radical (unpaired) electrons. The van der Waals surface area contributed by atoms with Gasteiger partial charge in [-0.25, -0.2) is 12.7 Å². The molecule has 1 aliphatic heterocycles. The van der Waals surface area contributed by atoms with Crippen LogP contribution < -0.4 is 0 Å². The molecular weight excluding hydrogens is 240 g/mol. The van der Waals surface area contributed by atoms with Crippen molar-refractivity contribution in [2.45, 2.75) is 39.8 Å². The minimum absolute atomic E-state index is 0.0647. The maximum absolute atomic E-state index is 12.2. The molecule has 0 aromatic heterocycles. The van der Waals surface area contributed by atoms with Crippen molar-refractivity contribution >= 4 is 15.9 Å². The molecule has 1 rings (SSSR count). The molecule has 17 heavy (non-hydrogen) atoms. The highest BCUT2D eigenvalue weighted by Crippen LogP contribution is 2.22. The highest BCUT2D eigenvalue weighted by atomic mass is 32.2. The van der Waals surface area contributed by atoms with Gasteiger partial charge in [0, 0.05) is 25.2 Å². The molecule has 1 heterocycles. The van der Waals surface area contributed by atoms with E-state index >= 15 is 0 Å². The number of carbonyl (C=O) groups excluding carboxylic acids is 1. The Morgan fingerprint density at radius 2 is 1.59 bits per heavy atom. The van der Waals surface area contributed by atoms with Crippen LogP contribution in [0.1, 0.15) is 27.7 Å². The summed E-state index contributed by atoms with van der Waals surface area (Å²) in [6, 6.07) is 0.296. The molecule has 1 amide bonds. The highest BCUT2D eigenvalue weighted by Gasteiger charge is 2.40. The molecule has 0 unspecified atom stereocenters. The SMILES string of the molecule is CC(C)N(C(=O)C1CN(S(C)(=O)=O)C1)C(C)C. The lowest BCUT2D eigenvalue weighted by Crippen LogP contribution is -2.58. The summed E-state index contributed by atoms with van der Waals surface area (Å²) >= 11 is 0. The average Bonchev–Trinajstić information content (AvgIpc) is 1.94. The minimum Gasteiger partial charge on any atom is -0.338 e. The average molecular weight is 262 g/mol. The van der Waals surface area contributed by atoms with Gasteiger partial charge >= 0.3 is 0 Å². The summed E-state index contributed by atoms with van der Waals surface area (Å²) < 4.78 is 23.8. The largest absolute Gasteiger partial charge is 0.338 e.